The summed E-state index contributed by atoms with van der Waals surface area (Å²) in [5.74, 6) is 0.0888. The zero-order chi connectivity index (χ0) is 19.1. The maximum atomic E-state index is 12.5. The molecule has 148 valence electrons. The molecule has 0 aromatic heterocycles. The second-order valence-electron chi connectivity index (χ2n) is 8.11. The third kappa shape index (κ3) is 6.06. The summed E-state index contributed by atoms with van der Waals surface area (Å²) in [6.07, 6.45) is 7.31. The van der Waals surface area contributed by atoms with Crippen molar-refractivity contribution in [2.24, 2.45) is 5.92 Å². The lowest BCUT2D eigenvalue weighted by Crippen LogP contribution is -2.51. The first-order chi connectivity index (χ1) is 13.1. The third-order valence-corrected chi connectivity index (χ3v) is 5.91. The van der Waals surface area contributed by atoms with Crippen LogP contribution in [0.4, 0.5) is 0 Å². The summed E-state index contributed by atoms with van der Waals surface area (Å²) >= 11 is 0. The number of likely N-dealkylation sites (tertiary alicyclic amines) is 1. The highest BCUT2D eigenvalue weighted by molar-refractivity contribution is 5.88. The first-order valence-electron chi connectivity index (χ1n) is 10.5. The highest BCUT2D eigenvalue weighted by Gasteiger charge is 2.26. The monoisotopic (exact) mass is 371 g/mol. The highest BCUT2D eigenvalue weighted by Crippen LogP contribution is 2.23. The Morgan fingerprint density at radius 3 is 2.37 bits per heavy atom. The molecule has 3 rings (SSSR count). The van der Waals surface area contributed by atoms with Gasteiger partial charge in [-0.15, -0.1) is 0 Å². The van der Waals surface area contributed by atoms with E-state index in [4.69, 9.17) is 0 Å². The molecule has 1 aliphatic heterocycles. The van der Waals surface area contributed by atoms with Crippen LogP contribution in [0.3, 0.4) is 0 Å². The van der Waals surface area contributed by atoms with Crippen LogP contribution in [0.15, 0.2) is 30.3 Å². The van der Waals surface area contributed by atoms with Crippen LogP contribution in [0.2, 0.25) is 0 Å². The van der Waals surface area contributed by atoms with E-state index in [1.54, 1.807) is 6.92 Å². The van der Waals surface area contributed by atoms with Crippen LogP contribution in [-0.4, -0.2) is 41.9 Å². The lowest BCUT2D eigenvalue weighted by molar-refractivity contribution is -0.131. The van der Waals surface area contributed by atoms with Crippen molar-refractivity contribution in [3.05, 3.63) is 35.9 Å². The fraction of sp³-hybridized carbons (Fsp3) is 0.636. The van der Waals surface area contributed by atoms with E-state index < -0.39 is 6.04 Å². The number of piperidine rings is 1. The molecule has 1 saturated carbocycles. The Hall–Kier alpha value is -1.88. The standard InChI is InChI=1S/C22H33N3O2/c1-17(23-22(27)19-10-6-3-7-11-19)21(26)24-20-12-14-25(15-13-20)16-18-8-4-2-5-9-18/h2,4-5,8-9,17,19-20H,3,6-7,10-16H2,1H3,(H,23,27)(H,24,26). The minimum atomic E-state index is -0.457. The largest absolute Gasteiger partial charge is 0.351 e. The molecule has 1 atom stereocenters. The van der Waals surface area contributed by atoms with Crippen molar-refractivity contribution >= 4 is 11.8 Å². The van der Waals surface area contributed by atoms with Gasteiger partial charge in [-0.2, -0.15) is 0 Å². The summed E-state index contributed by atoms with van der Waals surface area (Å²) in [4.78, 5) is 27.2. The van der Waals surface area contributed by atoms with Crippen LogP contribution >= 0.6 is 0 Å². The van der Waals surface area contributed by atoms with E-state index >= 15 is 0 Å². The molecule has 2 amide bonds. The summed E-state index contributed by atoms with van der Waals surface area (Å²) in [5.41, 5.74) is 1.33. The van der Waals surface area contributed by atoms with Gasteiger partial charge in [-0.05, 0) is 38.2 Å². The molecular formula is C22H33N3O2. The van der Waals surface area contributed by atoms with E-state index in [1.807, 2.05) is 6.07 Å². The molecule has 1 aromatic carbocycles. The number of nitrogens with zero attached hydrogens (tertiary/aromatic N) is 1. The van der Waals surface area contributed by atoms with Crippen molar-refractivity contribution in [3.63, 3.8) is 0 Å². The molecule has 5 nitrogen and oxygen atoms in total. The molecular weight excluding hydrogens is 338 g/mol. The number of amides is 2. The Balaban J connectivity index is 1.37. The number of carbonyl (C=O) groups excluding carboxylic acids is 2. The van der Waals surface area contributed by atoms with Crippen LogP contribution in [0, 0.1) is 5.92 Å². The molecule has 2 N–H and O–H groups in total. The van der Waals surface area contributed by atoms with Crippen LogP contribution in [0.25, 0.3) is 0 Å². The van der Waals surface area contributed by atoms with Gasteiger partial charge in [0.25, 0.3) is 0 Å². The van der Waals surface area contributed by atoms with Gasteiger partial charge in [0.15, 0.2) is 0 Å². The van der Waals surface area contributed by atoms with Gasteiger partial charge in [0.05, 0.1) is 0 Å². The van der Waals surface area contributed by atoms with Crippen molar-refractivity contribution in [3.8, 4) is 0 Å². The van der Waals surface area contributed by atoms with Gasteiger partial charge < -0.3 is 10.6 Å². The van der Waals surface area contributed by atoms with Gasteiger partial charge in [0.1, 0.15) is 6.04 Å². The highest BCUT2D eigenvalue weighted by atomic mass is 16.2. The second kappa shape index (κ2) is 9.88. The summed E-state index contributed by atoms with van der Waals surface area (Å²) < 4.78 is 0. The number of benzene rings is 1. The van der Waals surface area contributed by atoms with Gasteiger partial charge >= 0.3 is 0 Å². The van der Waals surface area contributed by atoms with E-state index in [9.17, 15) is 9.59 Å². The Morgan fingerprint density at radius 2 is 1.70 bits per heavy atom. The van der Waals surface area contributed by atoms with Gasteiger partial charge in [-0.25, -0.2) is 0 Å². The fourth-order valence-corrected chi connectivity index (χ4v) is 4.16. The molecule has 2 fully saturated rings. The molecule has 1 aliphatic carbocycles. The van der Waals surface area contributed by atoms with Crippen molar-refractivity contribution in [1.82, 2.24) is 15.5 Å². The first kappa shape index (κ1) is 19.9. The molecule has 5 heteroatoms. The Labute approximate surface area is 162 Å². The average molecular weight is 372 g/mol. The zero-order valence-electron chi connectivity index (χ0n) is 16.5. The molecule has 27 heavy (non-hydrogen) atoms. The maximum absolute atomic E-state index is 12.5. The minimum absolute atomic E-state index is 0.0510. The number of hydrogen-bond acceptors (Lipinski definition) is 3. The van der Waals surface area contributed by atoms with E-state index in [0.717, 1.165) is 58.2 Å². The van der Waals surface area contributed by atoms with E-state index in [1.165, 1.54) is 12.0 Å². The number of hydrogen-bond donors (Lipinski definition) is 2. The van der Waals surface area contributed by atoms with Crippen LogP contribution in [-0.2, 0) is 16.1 Å². The maximum Gasteiger partial charge on any atom is 0.242 e. The van der Waals surface area contributed by atoms with E-state index in [-0.39, 0.29) is 23.8 Å². The third-order valence-electron chi connectivity index (χ3n) is 5.91. The lowest BCUT2D eigenvalue weighted by atomic mass is 9.88. The van der Waals surface area contributed by atoms with E-state index in [0.29, 0.717) is 0 Å². The van der Waals surface area contributed by atoms with Gasteiger partial charge in [0, 0.05) is 31.6 Å². The minimum Gasteiger partial charge on any atom is -0.351 e. The second-order valence-corrected chi connectivity index (χ2v) is 8.11. The normalized spacial score (nSPS) is 20.8. The fourth-order valence-electron chi connectivity index (χ4n) is 4.16. The molecule has 0 radical (unpaired) electrons. The number of carbonyl (C=O) groups is 2. The Kier molecular flexibility index (Phi) is 7.27. The smallest absolute Gasteiger partial charge is 0.242 e. The predicted octanol–water partition coefficient (Wildman–Crippen LogP) is 2.85. The summed E-state index contributed by atoms with van der Waals surface area (Å²) in [5, 5.41) is 6.05. The average Bonchev–Trinajstić information content (AvgIpc) is 2.71. The van der Waals surface area contributed by atoms with Crippen LogP contribution in [0.5, 0.6) is 0 Å². The van der Waals surface area contributed by atoms with Crippen molar-refractivity contribution in [2.75, 3.05) is 13.1 Å². The Morgan fingerprint density at radius 1 is 1.04 bits per heavy atom. The van der Waals surface area contributed by atoms with Crippen LogP contribution < -0.4 is 10.6 Å². The molecule has 1 unspecified atom stereocenters. The first-order valence-corrected chi connectivity index (χ1v) is 10.5. The molecule has 0 bridgehead atoms. The molecule has 2 aliphatic rings. The summed E-state index contributed by atoms with van der Waals surface area (Å²) in [6.45, 7) is 4.74. The predicted molar refractivity (Wildman–Crippen MR) is 107 cm³/mol. The van der Waals surface area contributed by atoms with E-state index in [2.05, 4.69) is 39.8 Å². The quantitative estimate of drug-likeness (QED) is 0.808. The molecule has 1 saturated heterocycles. The zero-order valence-corrected chi connectivity index (χ0v) is 16.5. The lowest BCUT2D eigenvalue weighted by Gasteiger charge is -2.33. The van der Waals surface area contributed by atoms with Crippen molar-refractivity contribution in [1.29, 1.82) is 0 Å². The van der Waals surface area contributed by atoms with Crippen molar-refractivity contribution < 1.29 is 9.59 Å². The molecule has 1 heterocycles. The van der Waals surface area contributed by atoms with Crippen molar-refractivity contribution in [2.45, 2.75) is 70.5 Å². The molecule has 1 aromatic rings. The molecule has 0 spiro atoms. The Bertz CT molecular complexity index is 605. The van der Waals surface area contributed by atoms with Gasteiger partial charge in [0.2, 0.25) is 11.8 Å². The topological polar surface area (TPSA) is 61.4 Å². The number of nitrogens with one attached hydrogen (secondary N) is 2. The van der Waals surface area contributed by atoms with Gasteiger partial charge in [-0.1, -0.05) is 49.6 Å². The van der Waals surface area contributed by atoms with Crippen LogP contribution in [0.1, 0.15) is 57.4 Å². The SMILES string of the molecule is CC(NC(=O)C1CCCCC1)C(=O)NC1CCN(Cc2ccccc2)CC1. The summed E-state index contributed by atoms with van der Waals surface area (Å²) in [6, 6.07) is 10.3. The summed E-state index contributed by atoms with van der Waals surface area (Å²) in [7, 11) is 0. The number of rotatable bonds is 6. The van der Waals surface area contributed by atoms with Gasteiger partial charge in [-0.3, -0.25) is 14.5 Å².